The molecule has 1 aromatic carbocycles. The SMILES string of the molecule is CCCCNc1ncc(-c2ncc(COCc3ccccc3)s2)c(N=C2CCC(O)CC2)n1. The quantitative estimate of drug-likeness (QED) is 0.382. The minimum absolute atomic E-state index is 0.225. The minimum atomic E-state index is -0.225. The standard InChI is InChI=1S/C25H31N5O2S/c1-2-3-13-26-25-28-15-22(23(30-25)29-19-9-11-20(31)12-10-19)24-27-14-21(33-24)17-32-16-18-7-5-4-6-8-18/h4-8,14-15,20,31H,2-3,9-13,16-17H2,1H3,(H,26,28,30). The second kappa shape index (κ2) is 12.0. The second-order valence-electron chi connectivity index (χ2n) is 8.23. The lowest BCUT2D eigenvalue weighted by Gasteiger charge is -2.18. The van der Waals surface area contributed by atoms with E-state index in [4.69, 9.17) is 14.7 Å². The summed E-state index contributed by atoms with van der Waals surface area (Å²) in [6.45, 7) is 4.06. The predicted molar refractivity (Wildman–Crippen MR) is 133 cm³/mol. The Morgan fingerprint density at radius 2 is 1.94 bits per heavy atom. The highest BCUT2D eigenvalue weighted by atomic mass is 32.1. The molecule has 1 aliphatic rings. The van der Waals surface area contributed by atoms with Gasteiger partial charge in [-0.1, -0.05) is 43.7 Å². The maximum Gasteiger partial charge on any atom is 0.224 e. The van der Waals surface area contributed by atoms with Crippen LogP contribution in [0.2, 0.25) is 0 Å². The van der Waals surface area contributed by atoms with Gasteiger partial charge in [-0.05, 0) is 37.7 Å². The number of hydrogen-bond acceptors (Lipinski definition) is 8. The number of nitrogens with one attached hydrogen (secondary N) is 1. The number of aliphatic imine (C=N–C) groups is 1. The fourth-order valence-electron chi connectivity index (χ4n) is 3.61. The third-order valence-electron chi connectivity index (χ3n) is 5.52. The van der Waals surface area contributed by atoms with E-state index in [-0.39, 0.29) is 6.10 Å². The van der Waals surface area contributed by atoms with Crippen LogP contribution in [0.25, 0.3) is 10.6 Å². The number of benzene rings is 1. The van der Waals surface area contributed by atoms with E-state index in [0.717, 1.165) is 71.8 Å². The van der Waals surface area contributed by atoms with Gasteiger partial charge in [0.05, 0.1) is 29.8 Å². The molecule has 0 saturated heterocycles. The highest BCUT2D eigenvalue weighted by Gasteiger charge is 2.18. The van der Waals surface area contributed by atoms with Crippen LogP contribution >= 0.6 is 11.3 Å². The van der Waals surface area contributed by atoms with Crippen LogP contribution in [0.4, 0.5) is 11.8 Å². The lowest BCUT2D eigenvalue weighted by Crippen LogP contribution is -2.17. The van der Waals surface area contributed by atoms with Crippen molar-refractivity contribution in [2.45, 2.75) is 64.8 Å². The first-order chi connectivity index (χ1) is 16.2. The van der Waals surface area contributed by atoms with Crippen molar-refractivity contribution < 1.29 is 9.84 Å². The van der Waals surface area contributed by atoms with Gasteiger partial charge >= 0.3 is 0 Å². The van der Waals surface area contributed by atoms with Gasteiger partial charge < -0.3 is 15.2 Å². The van der Waals surface area contributed by atoms with Crippen LogP contribution in [-0.2, 0) is 18.0 Å². The van der Waals surface area contributed by atoms with Crippen molar-refractivity contribution in [2.75, 3.05) is 11.9 Å². The molecule has 0 aliphatic heterocycles. The van der Waals surface area contributed by atoms with Crippen molar-refractivity contribution in [1.29, 1.82) is 0 Å². The Hall–Kier alpha value is -2.68. The Bertz CT molecular complexity index is 1040. The minimum Gasteiger partial charge on any atom is -0.393 e. The Kier molecular flexibility index (Phi) is 8.52. The molecule has 33 heavy (non-hydrogen) atoms. The first-order valence-corrected chi connectivity index (χ1v) is 12.4. The normalized spacial score (nSPS) is 16.1. The van der Waals surface area contributed by atoms with Crippen molar-refractivity contribution in [3.05, 3.63) is 53.2 Å². The highest BCUT2D eigenvalue weighted by Crippen LogP contribution is 2.33. The van der Waals surface area contributed by atoms with E-state index in [0.29, 0.717) is 25.0 Å². The fourth-order valence-corrected chi connectivity index (χ4v) is 4.47. The summed E-state index contributed by atoms with van der Waals surface area (Å²) in [5.41, 5.74) is 3.05. The third kappa shape index (κ3) is 6.90. The summed E-state index contributed by atoms with van der Waals surface area (Å²) < 4.78 is 5.87. The summed E-state index contributed by atoms with van der Waals surface area (Å²) in [4.78, 5) is 19.8. The second-order valence-corrected chi connectivity index (χ2v) is 9.35. The largest absolute Gasteiger partial charge is 0.393 e. The molecule has 0 amide bonds. The Morgan fingerprint density at radius 3 is 2.73 bits per heavy atom. The lowest BCUT2D eigenvalue weighted by molar-refractivity contribution is 0.109. The van der Waals surface area contributed by atoms with Gasteiger partial charge in [0.1, 0.15) is 5.01 Å². The van der Waals surface area contributed by atoms with Crippen LogP contribution in [0.1, 0.15) is 55.9 Å². The summed E-state index contributed by atoms with van der Waals surface area (Å²) in [5.74, 6) is 1.23. The van der Waals surface area contributed by atoms with Gasteiger partial charge in [0, 0.05) is 24.7 Å². The molecule has 0 spiro atoms. The predicted octanol–water partition coefficient (Wildman–Crippen LogP) is 5.54. The van der Waals surface area contributed by atoms with Crippen LogP contribution in [0.3, 0.4) is 0 Å². The van der Waals surface area contributed by atoms with Gasteiger partial charge in [0.2, 0.25) is 5.95 Å². The zero-order valence-electron chi connectivity index (χ0n) is 19.0. The van der Waals surface area contributed by atoms with Gasteiger partial charge in [-0.2, -0.15) is 4.98 Å². The average molecular weight is 466 g/mol. The number of aliphatic hydroxyl groups excluding tert-OH is 1. The van der Waals surface area contributed by atoms with Crippen molar-refractivity contribution in [2.24, 2.45) is 4.99 Å². The molecule has 0 unspecified atom stereocenters. The molecule has 4 rings (SSSR count). The average Bonchev–Trinajstić information content (AvgIpc) is 3.30. The smallest absolute Gasteiger partial charge is 0.224 e. The molecule has 174 valence electrons. The summed E-state index contributed by atoms with van der Waals surface area (Å²) in [5, 5.41) is 14.0. The van der Waals surface area contributed by atoms with Gasteiger partial charge in [0.15, 0.2) is 5.82 Å². The van der Waals surface area contributed by atoms with Crippen LogP contribution in [0, 0.1) is 0 Å². The number of anilines is 1. The number of nitrogens with zero attached hydrogens (tertiary/aromatic N) is 4. The molecule has 3 aromatic rings. The summed E-state index contributed by atoms with van der Waals surface area (Å²) in [6.07, 6.45) is 8.69. The number of unbranched alkanes of at least 4 members (excludes halogenated alkanes) is 1. The highest BCUT2D eigenvalue weighted by molar-refractivity contribution is 7.15. The molecule has 8 heteroatoms. The molecule has 0 bridgehead atoms. The van der Waals surface area contributed by atoms with Crippen molar-refractivity contribution in [1.82, 2.24) is 15.0 Å². The van der Waals surface area contributed by atoms with E-state index in [2.05, 4.69) is 34.3 Å². The van der Waals surface area contributed by atoms with Gasteiger partial charge in [-0.25, -0.2) is 15.0 Å². The van der Waals surface area contributed by atoms with E-state index in [1.54, 1.807) is 11.3 Å². The Morgan fingerprint density at radius 1 is 1.12 bits per heavy atom. The number of rotatable bonds is 10. The summed E-state index contributed by atoms with van der Waals surface area (Å²) in [6, 6.07) is 10.1. The summed E-state index contributed by atoms with van der Waals surface area (Å²) in [7, 11) is 0. The van der Waals surface area contributed by atoms with Gasteiger partial charge in [-0.15, -0.1) is 11.3 Å². The van der Waals surface area contributed by atoms with Crippen LogP contribution in [0.15, 0.2) is 47.7 Å². The van der Waals surface area contributed by atoms with Crippen molar-refractivity contribution in [3.8, 4) is 10.6 Å². The molecule has 1 fully saturated rings. The zero-order valence-corrected chi connectivity index (χ0v) is 19.9. The lowest BCUT2D eigenvalue weighted by atomic mass is 9.96. The van der Waals surface area contributed by atoms with E-state index in [1.807, 2.05) is 30.6 Å². The molecule has 7 nitrogen and oxygen atoms in total. The molecule has 1 saturated carbocycles. The molecule has 2 N–H and O–H groups in total. The summed E-state index contributed by atoms with van der Waals surface area (Å²) >= 11 is 1.58. The zero-order chi connectivity index (χ0) is 22.9. The third-order valence-corrected chi connectivity index (χ3v) is 6.52. The van der Waals surface area contributed by atoms with Crippen molar-refractivity contribution in [3.63, 3.8) is 0 Å². The number of hydrogen-bond donors (Lipinski definition) is 2. The van der Waals surface area contributed by atoms with E-state index >= 15 is 0 Å². The van der Waals surface area contributed by atoms with Gasteiger partial charge in [-0.3, -0.25) is 0 Å². The Balaban J connectivity index is 1.50. The van der Waals surface area contributed by atoms with Crippen LogP contribution in [0.5, 0.6) is 0 Å². The number of thiazole rings is 1. The number of aromatic nitrogens is 3. The van der Waals surface area contributed by atoms with E-state index in [9.17, 15) is 5.11 Å². The first kappa shape index (κ1) is 23.5. The van der Waals surface area contributed by atoms with Gasteiger partial charge in [0.25, 0.3) is 0 Å². The first-order valence-electron chi connectivity index (χ1n) is 11.6. The topological polar surface area (TPSA) is 92.5 Å². The molecule has 2 aromatic heterocycles. The molecule has 2 heterocycles. The molecule has 1 aliphatic carbocycles. The molecule has 0 atom stereocenters. The number of ether oxygens (including phenoxy) is 1. The monoisotopic (exact) mass is 465 g/mol. The fraction of sp³-hybridized carbons (Fsp3) is 0.440. The van der Waals surface area contributed by atoms with Crippen molar-refractivity contribution >= 4 is 28.8 Å². The van der Waals surface area contributed by atoms with Crippen LogP contribution in [-0.4, -0.2) is 38.4 Å². The van der Waals surface area contributed by atoms with Crippen LogP contribution < -0.4 is 5.32 Å². The molecule has 0 radical (unpaired) electrons. The molecular formula is C25H31N5O2S. The Labute approximate surface area is 199 Å². The molecular weight excluding hydrogens is 434 g/mol. The number of aliphatic hydroxyl groups is 1. The van der Waals surface area contributed by atoms with E-state index in [1.165, 1.54) is 0 Å². The maximum absolute atomic E-state index is 9.83. The van der Waals surface area contributed by atoms with E-state index < -0.39 is 0 Å². The maximum atomic E-state index is 9.83.